The second-order valence-corrected chi connectivity index (χ2v) is 30.2. The third-order valence-corrected chi connectivity index (χ3v) is 23.8. The van der Waals surface area contributed by atoms with E-state index in [0.29, 0.717) is 47.3 Å². The third-order valence-electron chi connectivity index (χ3n) is 23.8. The van der Waals surface area contributed by atoms with Crippen LogP contribution in [0.3, 0.4) is 0 Å². The number of hydrogen-bond donors (Lipinski definition) is 0. The van der Waals surface area contributed by atoms with Gasteiger partial charge in [-0.05, 0) is 260 Å². The van der Waals surface area contributed by atoms with Gasteiger partial charge in [-0.3, -0.25) is 0 Å². The summed E-state index contributed by atoms with van der Waals surface area (Å²) in [6, 6.07) is 50.5. The van der Waals surface area contributed by atoms with Crippen LogP contribution in [0.1, 0.15) is 324 Å². The quantitative estimate of drug-likeness (QED) is 0.0791. The van der Waals surface area contributed by atoms with E-state index in [4.69, 9.17) is 0 Å². The summed E-state index contributed by atoms with van der Waals surface area (Å²) in [4.78, 5) is 5.82. The van der Waals surface area contributed by atoms with Gasteiger partial charge in [0.1, 0.15) is 0 Å². The lowest BCUT2D eigenvalue weighted by Gasteiger charge is -2.35. The van der Waals surface area contributed by atoms with Crippen molar-refractivity contribution in [2.75, 3.05) is 9.80 Å². The van der Waals surface area contributed by atoms with Crippen LogP contribution in [-0.2, 0) is 5.41 Å². The molecule has 8 aliphatic rings. The number of hydrogen-bond acceptors (Lipinski definition) is 2. The molecule has 84 heavy (non-hydrogen) atoms. The zero-order chi connectivity index (χ0) is 56.3. The number of nitrogens with zero attached hydrogens (tertiary/aromatic N) is 2. The first-order valence-corrected chi connectivity index (χ1v) is 35.4. The fourth-order valence-electron chi connectivity index (χ4n) is 19.0. The van der Waals surface area contributed by atoms with Crippen molar-refractivity contribution in [2.45, 2.75) is 279 Å². The number of anilines is 6. The van der Waals surface area contributed by atoms with Gasteiger partial charge in [-0.1, -0.05) is 184 Å². The van der Waals surface area contributed by atoms with Crippen LogP contribution in [0, 0.1) is 0 Å². The van der Waals surface area contributed by atoms with E-state index in [2.05, 4.69) is 146 Å². The number of benzene rings is 7. The first kappa shape index (κ1) is 55.3. The Bertz CT molecular complexity index is 3170. The SMILES string of the molecule is CC(C)(C)c1ccc2c(N(c3cc(C4CCCC4)cc(C4CCCC4)c3)c3cc(C4CCCC4)cc(C4CCCC4)c3)c3ccccc3c(N(c3cc(C4CCCC4)cc(C4CCCC4)c3)c3cc(C4CCCC4)cc(C4CCCC4)c3)c2c1. The molecule has 0 radical (unpaired) electrons. The minimum atomic E-state index is -0.0462. The van der Waals surface area contributed by atoms with E-state index in [1.807, 2.05) is 0 Å². The van der Waals surface area contributed by atoms with Crippen molar-refractivity contribution < 1.29 is 0 Å². The molecule has 438 valence electrons. The Morgan fingerprint density at radius 1 is 0.250 bits per heavy atom. The van der Waals surface area contributed by atoms with E-state index >= 15 is 0 Å². The van der Waals surface area contributed by atoms with E-state index in [1.165, 1.54) is 267 Å². The zero-order valence-electron chi connectivity index (χ0n) is 52.1. The highest BCUT2D eigenvalue weighted by Crippen LogP contribution is 2.56. The summed E-state index contributed by atoms with van der Waals surface area (Å²) in [5.41, 5.74) is 22.6. The molecular weight excluding hydrogens is 1010 g/mol. The summed E-state index contributed by atoms with van der Waals surface area (Å²) in [5, 5.41) is 5.54. The standard InChI is InChI=1S/C82H100N2/c1-82(2,3)71-40-41-78-79(54-71)81(84(74-50-67(59-30-12-13-31-59)44-68(51-74)60-32-14-15-33-60)75-52-69(61-34-16-17-35-61)45-70(53-75)62-36-18-19-37-62)77-39-21-20-38-76(77)80(78)83(72-46-63(55-22-4-5-23-55)42-64(47-72)56-24-6-7-25-56)73-48-65(57-26-8-9-27-57)43-66(49-73)58-28-10-11-29-58/h20-21,38-62H,4-19,22-37H2,1-3H3. The van der Waals surface area contributed by atoms with Crippen molar-refractivity contribution in [1.82, 2.24) is 0 Å². The second kappa shape index (κ2) is 23.7. The predicted molar refractivity (Wildman–Crippen MR) is 359 cm³/mol. The molecule has 0 aliphatic heterocycles. The lowest BCUT2D eigenvalue weighted by Crippen LogP contribution is -2.18. The predicted octanol–water partition coefficient (Wildman–Crippen LogP) is 25.5. The Morgan fingerprint density at radius 3 is 0.690 bits per heavy atom. The maximum Gasteiger partial charge on any atom is 0.0620 e. The Kier molecular flexibility index (Phi) is 15.6. The molecule has 0 N–H and O–H groups in total. The van der Waals surface area contributed by atoms with Gasteiger partial charge in [0.2, 0.25) is 0 Å². The van der Waals surface area contributed by atoms with E-state index in [1.54, 1.807) is 44.5 Å². The summed E-state index contributed by atoms with van der Waals surface area (Å²) < 4.78 is 0. The first-order valence-electron chi connectivity index (χ1n) is 35.4. The summed E-state index contributed by atoms with van der Waals surface area (Å²) in [7, 11) is 0. The molecule has 8 saturated carbocycles. The summed E-state index contributed by atoms with van der Waals surface area (Å²) in [6.45, 7) is 7.36. The highest BCUT2D eigenvalue weighted by Gasteiger charge is 2.34. The van der Waals surface area contributed by atoms with E-state index in [-0.39, 0.29) is 5.41 Å². The summed E-state index contributed by atoms with van der Waals surface area (Å²) in [5.74, 6) is 5.05. The average Bonchev–Trinajstić information content (AvgIpc) is 1.39. The third kappa shape index (κ3) is 10.9. The van der Waals surface area contributed by atoms with Gasteiger partial charge in [0.15, 0.2) is 0 Å². The van der Waals surface area contributed by atoms with Crippen LogP contribution in [0.2, 0.25) is 0 Å². The minimum Gasteiger partial charge on any atom is -0.309 e. The highest BCUT2D eigenvalue weighted by atomic mass is 15.2. The molecular formula is C82H100N2. The maximum absolute atomic E-state index is 2.91. The van der Waals surface area contributed by atoms with Gasteiger partial charge in [-0.15, -0.1) is 0 Å². The van der Waals surface area contributed by atoms with Gasteiger partial charge in [0.25, 0.3) is 0 Å². The van der Waals surface area contributed by atoms with Crippen molar-refractivity contribution in [3.63, 3.8) is 0 Å². The zero-order valence-corrected chi connectivity index (χ0v) is 52.1. The van der Waals surface area contributed by atoms with Crippen LogP contribution in [0.15, 0.2) is 115 Å². The Labute approximate surface area is 507 Å². The molecule has 0 unspecified atom stereocenters. The second-order valence-electron chi connectivity index (χ2n) is 30.2. The van der Waals surface area contributed by atoms with E-state index < -0.39 is 0 Å². The maximum atomic E-state index is 2.91. The van der Waals surface area contributed by atoms with Crippen molar-refractivity contribution in [3.05, 3.63) is 165 Å². The van der Waals surface area contributed by atoms with Crippen molar-refractivity contribution in [3.8, 4) is 0 Å². The van der Waals surface area contributed by atoms with Crippen LogP contribution < -0.4 is 9.80 Å². The molecule has 7 aromatic rings. The van der Waals surface area contributed by atoms with Crippen molar-refractivity contribution >= 4 is 55.7 Å². The Balaban J connectivity index is 1.05. The minimum absolute atomic E-state index is 0.0462. The van der Waals surface area contributed by atoms with Crippen LogP contribution in [0.25, 0.3) is 21.5 Å². The van der Waals surface area contributed by atoms with Crippen LogP contribution in [0.5, 0.6) is 0 Å². The first-order chi connectivity index (χ1) is 41.2. The largest absolute Gasteiger partial charge is 0.309 e. The van der Waals surface area contributed by atoms with Crippen molar-refractivity contribution in [1.29, 1.82) is 0 Å². The molecule has 0 aromatic heterocycles. The molecule has 0 bridgehead atoms. The Morgan fingerprint density at radius 2 is 0.464 bits per heavy atom. The lowest BCUT2D eigenvalue weighted by atomic mass is 9.84. The molecule has 15 rings (SSSR count). The topological polar surface area (TPSA) is 6.48 Å². The molecule has 8 aliphatic carbocycles. The smallest absolute Gasteiger partial charge is 0.0620 e. The van der Waals surface area contributed by atoms with Crippen molar-refractivity contribution in [2.24, 2.45) is 0 Å². The molecule has 0 amide bonds. The normalized spacial score (nSPS) is 21.3. The van der Waals surface area contributed by atoms with Gasteiger partial charge < -0.3 is 9.80 Å². The Hall–Kier alpha value is -5.34. The fourth-order valence-corrected chi connectivity index (χ4v) is 19.0. The van der Waals surface area contributed by atoms with Crippen LogP contribution >= 0.6 is 0 Å². The molecule has 8 fully saturated rings. The monoisotopic (exact) mass is 1110 g/mol. The lowest BCUT2D eigenvalue weighted by molar-refractivity contribution is 0.591. The fraction of sp³-hybridized carbons (Fsp3) is 0.537. The molecule has 0 heterocycles. The average molecular weight is 1110 g/mol. The number of fused-ring (bicyclic) bond motifs is 2. The van der Waals surface area contributed by atoms with Gasteiger partial charge >= 0.3 is 0 Å². The van der Waals surface area contributed by atoms with Gasteiger partial charge in [0.05, 0.1) is 11.4 Å². The van der Waals surface area contributed by atoms with Crippen LogP contribution in [0.4, 0.5) is 34.1 Å². The molecule has 2 nitrogen and oxygen atoms in total. The highest BCUT2D eigenvalue weighted by molar-refractivity contribution is 6.23. The number of rotatable bonds is 14. The molecule has 7 aromatic carbocycles. The summed E-state index contributed by atoms with van der Waals surface area (Å²) >= 11 is 0. The van der Waals surface area contributed by atoms with E-state index in [0.717, 1.165) is 0 Å². The molecule has 0 atom stereocenters. The van der Waals surface area contributed by atoms with Gasteiger partial charge in [-0.25, -0.2) is 0 Å². The van der Waals surface area contributed by atoms with Crippen LogP contribution in [-0.4, -0.2) is 0 Å². The molecule has 2 heteroatoms. The van der Waals surface area contributed by atoms with Gasteiger partial charge in [0, 0.05) is 44.3 Å². The molecule has 0 saturated heterocycles. The van der Waals surface area contributed by atoms with E-state index in [9.17, 15) is 0 Å². The van der Waals surface area contributed by atoms with Gasteiger partial charge in [-0.2, -0.15) is 0 Å². The molecule has 0 spiro atoms. The summed E-state index contributed by atoms with van der Waals surface area (Å²) in [6.07, 6.45) is 42.7.